The summed E-state index contributed by atoms with van der Waals surface area (Å²) in [4.78, 5) is 24.9. The zero-order chi connectivity index (χ0) is 20.2. The number of nitrogens with one attached hydrogen (secondary N) is 2. The fourth-order valence-corrected chi connectivity index (χ4v) is 4.54. The molecule has 0 unspecified atom stereocenters. The van der Waals surface area contributed by atoms with Gasteiger partial charge in [0.15, 0.2) is 0 Å². The van der Waals surface area contributed by atoms with Crippen LogP contribution < -0.4 is 10.6 Å². The number of carbonyl (C=O) groups excluding carboxylic acids is 2. The predicted molar refractivity (Wildman–Crippen MR) is 108 cm³/mol. The second-order valence-corrected chi connectivity index (χ2v) is 8.20. The van der Waals surface area contributed by atoms with Crippen molar-refractivity contribution in [2.24, 2.45) is 0 Å². The number of fused-ring (bicyclic) bond motifs is 1. The van der Waals surface area contributed by atoms with Gasteiger partial charge in [0.2, 0.25) is 11.8 Å². The standard InChI is InChI=1S/C20H23FN4O3S/c21-14-5-3-13(4-6-14)8-18(26)23-20-16-11-29-12-17(16)24-25(20)10-19(27)22-9-15-2-1-7-28-15/h3-6,15H,1-2,7-12H2,(H,22,27)(H,23,26)/t15-/m1/s1. The van der Waals surface area contributed by atoms with Crippen LogP contribution in [0, 0.1) is 5.82 Å². The first-order chi connectivity index (χ1) is 14.1. The number of benzene rings is 1. The summed E-state index contributed by atoms with van der Waals surface area (Å²) < 4.78 is 20.1. The van der Waals surface area contributed by atoms with Crippen molar-refractivity contribution in [2.45, 2.75) is 43.4 Å². The predicted octanol–water partition coefficient (Wildman–Crippen LogP) is 2.25. The molecule has 2 aliphatic rings. The highest BCUT2D eigenvalue weighted by molar-refractivity contribution is 7.98. The van der Waals surface area contributed by atoms with Crippen molar-refractivity contribution in [3.05, 3.63) is 46.9 Å². The van der Waals surface area contributed by atoms with E-state index in [0.29, 0.717) is 12.4 Å². The lowest BCUT2D eigenvalue weighted by Crippen LogP contribution is -2.34. The Morgan fingerprint density at radius 3 is 2.83 bits per heavy atom. The third-order valence-corrected chi connectivity index (χ3v) is 5.97. The lowest BCUT2D eigenvalue weighted by atomic mass is 10.1. The number of aromatic nitrogens is 2. The van der Waals surface area contributed by atoms with Crippen LogP contribution in [-0.4, -0.2) is 40.9 Å². The van der Waals surface area contributed by atoms with Gasteiger partial charge in [0.05, 0.1) is 18.2 Å². The van der Waals surface area contributed by atoms with E-state index in [1.807, 2.05) is 0 Å². The van der Waals surface area contributed by atoms with E-state index in [1.54, 1.807) is 28.6 Å². The average molecular weight is 418 g/mol. The number of amides is 2. The Bertz CT molecular complexity index is 894. The van der Waals surface area contributed by atoms with Crippen LogP contribution in [0.3, 0.4) is 0 Å². The average Bonchev–Trinajstić information content (AvgIpc) is 3.42. The van der Waals surface area contributed by atoms with Crippen LogP contribution >= 0.6 is 11.8 Å². The molecule has 2 aromatic rings. The topological polar surface area (TPSA) is 85.2 Å². The summed E-state index contributed by atoms with van der Waals surface area (Å²) in [6, 6.07) is 5.84. The van der Waals surface area contributed by atoms with E-state index in [-0.39, 0.29) is 36.7 Å². The second kappa shape index (κ2) is 8.96. The first-order valence-electron chi connectivity index (χ1n) is 9.67. The zero-order valence-corrected chi connectivity index (χ0v) is 16.8. The molecule has 1 saturated heterocycles. The van der Waals surface area contributed by atoms with E-state index in [1.165, 1.54) is 12.1 Å². The molecule has 4 rings (SSSR count). The molecule has 1 fully saturated rings. The molecule has 2 N–H and O–H groups in total. The minimum Gasteiger partial charge on any atom is -0.376 e. The van der Waals surface area contributed by atoms with Crippen LogP contribution in [0.1, 0.15) is 29.7 Å². The largest absolute Gasteiger partial charge is 0.376 e. The van der Waals surface area contributed by atoms with Crippen LogP contribution in [-0.2, 0) is 38.8 Å². The number of rotatable bonds is 7. The molecule has 2 amide bonds. The van der Waals surface area contributed by atoms with Crippen molar-refractivity contribution in [1.82, 2.24) is 15.1 Å². The summed E-state index contributed by atoms with van der Waals surface area (Å²) in [6.07, 6.45) is 2.18. The molecule has 0 bridgehead atoms. The van der Waals surface area contributed by atoms with E-state index in [4.69, 9.17) is 4.74 Å². The van der Waals surface area contributed by atoms with Gasteiger partial charge in [0, 0.05) is 30.2 Å². The summed E-state index contributed by atoms with van der Waals surface area (Å²) >= 11 is 1.73. The van der Waals surface area contributed by atoms with Gasteiger partial charge in [0.25, 0.3) is 0 Å². The van der Waals surface area contributed by atoms with Crippen molar-refractivity contribution in [3.63, 3.8) is 0 Å². The van der Waals surface area contributed by atoms with Gasteiger partial charge >= 0.3 is 0 Å². The molecule has 3 heterocycles. The first-order valence-corrected chi connectivity index (χ1v) is 10.8. The SMILES string of the molecule is O=C(Cn1nc2c(c1NC(=O)Cc1ccc(F)cc1)CSC2)NC[C@H]1CCCO1. The van der Waals surface area contributed by atoms with E-state index < -0.39 is 0 Å². The van der Waals surface area contributed by atoms with Crippen molar-refractivity contribution < 1.29 is 18.7 Å². The summed E-state index contributed by atoms with van der Waals surface area (Å²) in [7, 11) is 0. The van der Waals surface area contributed by atoms with Gasteiger partial charge in [-0.3, -0.25) is 9.59 Å². The molecule has 1 aromatic heterocycles. The molecule has 0 aliphatic carbocycles. The Balaban J connectivity index is 1.41. The second-order valence-electron chi connectivity index (χ2n) is 7.21. The summed E-state index contributed by atoms with van der Waals surface area (Å²) in [5, 5.41) is 10.3. The van der Waals surface area contributed by atoms with Crippen LogP contribution in [0.2, 0.25) is 0 Å². The van der Waals surface area contributed by atoms with Gasteiger partial charge in [0.1, 0.15) is 18.2 Å². The maximum atomic E-state index is 13.1. The third kappa shape index (κ3) is 4.97. The molecular weight excluding hydrogens is 395 g/mol. The molecule has 0 saturated carbocycles. The molecule has 2 aliphatic heterocycles. The monoisotopic (exact) mass is 418 g/mol. The molecule has 154 valence electrons. The molecule has 1 aromatic carbocycles. The lowest BCUT2D eigenvalue weighted by Gasteiger charge is -2.13. The number of carbonyl (C=O) groups is 2. The number of nitrogens with zero attached hydrogens (tertiary/aromatic N) is 2. The van der Waals surface area contributed by atoms with Gasteiger partial charge in [-0.1, -0.05) is 12.1 Å². The van der Waals surface area contributed by atoms with Gasteiger partial charge < -0.3 is 15.4 Å². The summed E-state index contributed by atoms with van der Waals surface area (Å²) in [6.45, 7) is 1.27. The molecule has 1 atom stereocenters. The minimum atomic E-state index is -0.337. The zero-order valence-electron chi connectivity index (χ0n) is 15.9. The van der Waals surface area contributed by atoms with E-state index >= 15 is 0 Å². The van der Waals surface area contributed by atoms with Crippen molar-refractivity contribution in [3.8, 4) is 0 Å². The number of thioether (sulfide) groups is 1. The number of hydrogen-bond donors (Lipinski definition) is 2. The smallest absolute Gasteiger partial charge is 0.241 e. The molecule has 7 nitrogen and oxygen atoms in total. The molecule has 0 radical (unpaired) electrons. The van der Waals surface area contributed by atoms with E-state index in [0.717, 1.165) is 47.8 Å². The van der Waals surface area contributed by atoms with Gasteiger partial charge in [-0.2, -0.15) is 16.9 Å². The van der Waals surface area contributed by atoms with Crippen molar-refractivity contribution >= 4 is 29.4 Å². The minimum absolute atomic E-state index is 0.0382. The maximum Gasteiger partial charge on any atom is 0.241 e. The Morgan fingerprint density at radius 2 is 2.07 bits per heavy atom. The molecular formula is C20H23FN4O3S. The molecule has 0 spiro atoms. The Kier molecular flexibility index (Phi) is 6.15. The van der Waals surface area contributed by atoms with Crippen LogP contribution in [0.15, 0.2) is 24.3 Å². The number of hydrogen-bond acceptors (Lipinski definition) is 5. The highest BCUT2D eigenvalue weighted by Crippen LogP contribution is 2.34. The van der Waals surface area contributed by atoms with Crippen LogP contribution in [0.5, 0.6) is 0 Å². The third-order valence-electron chi connectivity index (χ3n) is 5.00. The normalized spacial score (nSPS) is 17.9. The van der Waals surface area contributed by atoms with E-state index in [9.17, 15) is 14.0 Å². The van der Waals surface area contributed by atoms with Crippen molar-refractivity contribution in [2.75, 3.05) is 18.5 Å². The lowest BCUT2D eigenvalue weighted by molar-refractivity contribution is -0.122. The summed E-state index contributed by atoms with van der Waals surface area (Å²) in [5.41, 5.74) is 2.59. The number of anilines is 1. The highest BCUT2D eigenvalue weighted by Gasteiger charge is 2.25. The maximum absolute atomic E-state index is 13.1. The Morgan fingerprint density at radius 1 is 1.24 bits per heavy atom. The van der Waals surface area contributed by atoms with Gasteiger partial charge in [-0.05, 0) is 30.5 Å². The Hall–Kier alpha value is -2.39. The fourth-order valence-electron chi connectivity index (χ4n) is 3.51. The first kappa shape index (κ1) is 19.9. The highest BCUT2D eigenvalue weighted by atomic mass is 32.2. The van der Waals surface area contributed by atoms with Gasteiger partial charge in [-0.15, -0.1) is 0 Å². The fraction of sp³-hybridized carbons (Fsp3) is 0.450. The van der Waals surface area contributed by atoms with E-state index in [2.05, 4.69) is 15.7 Å². The summed E-state index contributed by atoms with van der Waals surface area (Å²) in [5.74, 6) is 1.36. The van der Waals surface area contributed by atoms with Crippen molar-refractivity contribution in [1.29, 1.82) is 0 Å². The quantitative estimate of drug-likeness (QED) is 0.720. The molecule has 9 heteroatoms. The van der Waals surface area contributed by atoms with Gasteiger partial charge in [-0.25, -0.2) is 9.07 Å². The van der Waals surface area contributed by atoms with Crippen LogP contribution in [0.25, 0.3) is 0 Å². The van der Waals surface area contributed by atoms with Crippen LogP contribution in [0.4, 0.5) is 10.2 Å². The number of halogens is 1. The number of ether oxygens (including phenoxy) is 1. The Labute approximate surface area is 172 Å². The molecule has 29 heavy (non-hydrogen) atoms.